The summed E-state index contributed by atoms with van der Waals surface area (Å²) in [4.78, 5) is 19.2. The average Bonchev–Trinajstić information content (AvgIpc) is 3.11. The molecule has 0 spiro atoms. The Morgan fingerprint density at radius 1 is 1.07 bits per heavy atom. The maximum Gasteiger partial charge on any atom is 0.271 e. The van der Waals surface area contributed by atoms with Gasteiger partial charge in [-0.15, -0.1) is 0 Å². The van der Waals surface area contributed by atoms with Gasteiger partial charge in [0.1, 0.15) is 0 Å². The summed E-state index contributed by atoms with van der Waals surface area (Å²) in [6.07, 6.45) is 3.56. The van der Waals surface area contributed by atoms with E-state index in [4.69, 9.17) is 0 Å². The molecule has 0 saturated heterocycles. The number of non-ortho nitro benzene ring substituents is 1. The second-order valence-corrected chi connectivity index (χ2v) is 6.11. The van der Waals surface area contributed by atoms with Crippen LogP contribution in [0, 0.1) is 17.0 Å². The molecule has 1 N–H and O–H groups in total. The van der Waals surface area contributed by atoms with Crippen LogP contribution < -0.4 is 5.32 Å². The zero-order valence-electron chi connectivity index (χ0n) is 15.0. The van der Waals surface area contributed by atoms with Gasteiger partial charge in [-0.1, -0.05) is 24.3 Å². The van der Waals surface area contributed by atoms with Gasteiger partial charge in [0, 0.05) is 35.8 Å². The summed E-state index contributed by atoms with van der Waals surface area (Å²) in [7, 11) is 0. The summed E-state index contributed by atoms with van der Waals surface area (Å²) >= 11 is 0. The molecule has 28 heavy (non-hydrogen) atoms. The van der Waals surface area contributed by atoms with Crippen LogP contribution in [0.3, 0.4) is 0 Å². The van der Waals surface area contributed by atoms with Crippen LogP contribution in [0.4, 0.5) is 17.3 Å². The first-order chi connectivity index (χ1) is 13.6. The van der Waals surface area contributed by atoms with Crippen molar-refractivity contribution in [3.8, 4) is 16.9 Å². The fraction of sp³-hybridized carbons (Fsp3) is 0.0500. The number of aromatic nitrogens is 4. The molecule has 0 bridgehead atoms. The topological polar surface area (TPSA) is 98.8 Å². The van der Waals surface area contributed by atoms with Crippen LogP contribution in [0.1, 0.15) is 5.69 Å². The lowest BCUT2D eigenvalue weighted by Crippen LogP contribution is -1.98. The quantitative estimate of drug-likeness (QED) is 0.414. The molecule has 2 heterocycles. The van der Waals surface area contributed by atoms with Crippen LogP contribution in [0.25, 0.3) is 16.9 Å². The number of nitro benzene ring substituents is 1. The van der Waals surface area contributed by atoms with Gasteiger partial charge >= 0.3 is 0 Å². The van der Waals surface area contributed by atoms with E-state index in [1.54, 1.807) is 29.1 Å². The molecule has 8 heteroatoms. The third kappa shape index (κ3) is 3.56. The smallest absolute Gasteiger partial charge is 0.271 e. The number of rotatable bonds is 5. The molecule has 2 aromatic carbocycles. The lowest BCUT2D eigenvalue weighted by Gasteiger charge is -2.06. The van der Waals surface area contributed by atoms with Crippen molar-refractivity contribution in [3.05, 3.63) is 88.9 Å². The second kappa shape index (κ2) is 7.28. The molecule has 2 aromatic heterocycles. The van der Waals surface area contributed by atoms with Crippen LogP contribution in [0.15, 0.2) is 73.1 Å². The highest BCUT2D eigenvalue weighted by Gasteiger charge is 2.12. The van der Waals surface area contributed by atoms with E-state index in [2.05, 4.69) is 20.4 Å². The van der Waals surface area contributed by atoms with Gasteiger partial charge in [0.2, 0.25) is 5.95 Å². The number of nitro groups is 1. The maximum atomic E-state index is 10.9. The largest absolute Gasteiger partial charge is 0.324 e. The van der Waals surface area contributed by atoms with Crippen molar-refractivity contribution in [2.75, 3.05) is 5.32 Å². The Morgan fingerprint density at radius 3 is 2.68 bits per heavy atom. The molecule has 0 radical (unpaired) electrons. The van der Waals surface area contributed by atoms with E-state index in [0.717, 1.165) is 16.9 Å². The summed E-state index contributed by atoms with van der Waals surface area (Å²) < 4.78 is 1.81. The van der Waals surface area contributed by atoms with E-state index in [0.29, 0.717) is 17.3 Å². The van der Waals surface area contributed by atoms with Gasteiger partial charge < -0.3 is 5.32 Å². The Balaban J connectivity index is 1.64. The normalized spacial score (nSPS) is 10.6. The predicted molar refractivity (Wildman–Crippen MR) is 106 cm³/mol. The van der Waals surface area contributed by atoms with Gasteiger partial charge in [-0.25, -0.2) is 14.6 Å². The SMILES string of the molecule is Cc1nn(-c2ccccc2)cc1-c1ccnc(Nc2cccc([N+](=O)[O-])c2)n1. The molecule has 4 aromatic rings. The highest BCUT2D eigenvalue weighted by Crippen LogP contribution is 2.24. The molecule has 0 aliphatic heterocycles. The average molecular weight is 372 g/mol. The summed E-state index contributed by atoms with van der Waals surface area (Å²) in [5, 5.41) is 18.5. The summed E-state index contributed by atoms with van der Waals surface area (Å²) in [6, 6.07) is 17.8. The van der Waals surface area contributed by atoms with Crippen molar-refractivity contribution in [1.82, 2.24) is 19.7 Å². The Kier molecular flexibility index (Phi) is 4.51. The van der Waals surface area contributed by atoms with Crippen molar-refractivity contribution in [2.45, 2.75) is 6.92 Å². The third-order valence-corrected chi connectivity index (χ3v) is 4.16. The van der Waals surface area contributed by atoms with Gasteiger partial charge in [0.05, 0.1) is 22.0 Å². The molecule has 4 rings (SSSR count). The van der Waals surface area contributed by atoms with Crippen molar-refractivity contribution in [2.24, 2.45) is 0 Å². The summed E-state index contributed by atoms with van der Waals surface area (Å²) in [6.45, 7) is 1.92. The van der Waals surface area contributed by atoms with Gasteiger partial charge in [-0.05, 0) is 31.2 Å². The molecule has 0 fully saturated rings. The maximum absolute atomic E-state index is 10.9. The second-order valence-electron chi connectivity index (χ2n) is 6.11. The molecule has 0 aliphatic carbocycles. The lowest BCUT2D eigenvalue weighted by molar-refractivity contribution is -0.384. The van der Waals surface area contributed by atoms with Crippen LogP contribution in [-0.2, 0) is 0 Å². The molecule has 0 aliphatic rings. The number of nitrogens with zero attached hydrogens (tertiary/aromatic N) is 5. The van der Waals surface area contributed by atoms with Gasteiger partial charge in [-0.3, -0.25) is 10.1 Å². The van der Waals surface area contributed by atoms with Crippen molar-refractivity contribution in [3.63, 3.8) is 0 Å². The van der Waals surface area contributed by atoms with E-state index < -0.39 is 4.92 Å². The highest BCUT2D eigenvalue weighted by atomic mass is 16.6. The third-order valence-electron chi connectivity index (χ3n) is 4.16. The summed E-state index contributed by atoms with van der Waals surface area (Å²) in [5.41, 5.74) is 3.94. The zero-order valence-corrected chi connectivity index (χ0v) is 15.0. The lowest BCUT2D eigenvalue weighted by atomic mass is 10.2. The first-order valence-corrected chi connectivity index (χ1v) is 8.57. The molecule has 0 amide bonds. The van der Waals surface area contributed by atoms with E-state index in [9.17, 15) is 10.1 Å². The molecule has 8 nitrogen and oxygen atoms in total. The molecule has 0 saturated carbocycles. The molecular weight excluding hydrogens is 356 g/mol. The fourth-order valence-corrected chi connectivity index (χ4v) is 2.82. The number of benzene rings is 2. The molecule has 0 atom stereocenters. The van der Waals surface area contributed by atoms with Gasteiger partial charge in [-0.2, -0.15) is 5.10 Å². The summed E-state index contributed by atoms with van der Waals surface area (Å²) in [5.74, 6) is 0.352. The molecular formula is C20H16N6O2. The fourth-order valence-electron chi connectivity index (χ4n) is 2.82. The Hall–Kier alpha value is -4.07. The van der Waals surface area contributed by atoms with E-state index in [1.165, 1.54) is 12.1 Å². The van der Waals surface area contributed by atoms with Crippen molar-refractivity contribution in [1.29, 1.82) is 0 Å². The standard InChI is InChI=1S/C20H16N6O2/c1-14-18(13-25(24-14)16-7-3-2-4-8-16)19-10-11-21-20(23-19)22-15-6-5-9-17(12-15)26(27)28/h2-13H,1H3,(H,21,22,23). The first-order valence-electron chi connectivity index (χ1n) is 8.57. The van der Waals surface area contributed by atoms with Gasteiger partial charge in [0.25, 0.3) is 5.69 Å². The number of aryl methyl sites for hydroxylation is 1. The predicted octanol–water partition coefficient (Wildman–Crippen LogP) is 4.29. The van der Waals surface area contributed by atoms with Crippen LogP contribution in [0.5, 0.6) is 0 Å². The number of hydrogen-bond donors (Lipinski definition) is 1. The van der Waals surface area contributed by atoms with E-state index in [1.807, 2.05) is 43.5 Å². The van der Waals surface area contributed by atoms with E-state index >= 15 is 0 Å². The molecule has 0 unspecified atom stereocenters. The first kappa shape index (κ1) is 17.3. The molecule has 138 valence electrons. The van der Waals surface area contributed by atoms with Crippen molar-refractivity contribution < 1.29 is 4.92 Å². The minimum atomic E-state index is -0.441. The number of hydrogen-bond acceptors (Lipinski definition) is 6. The van der Waals surface area contributed by atoms with E-state index in [-0.39, 0.29) is 5.69 Å². The van der Waals surface area contributed by atoms with Crippen LogP contribution >= 0.6 is 0 Å². The minimum Gasteiger partial charge on any atom is -0.324 e. The number of nitrogens with one attached hydrogen (secondary N) is 1. The number of para-hydroxylation sites is 1. The minimum absolute atomic E-state index is 0.00105. The van der Waals surface area contributed by atoms with Crippen molar-refractivity contribution >= 4 is 17.3 Å². The zero-order chi connectivity index (χ0) is 19.5. The van der Waals surface area contributed by atoms with Gasteiger partial charge in [0.15, 0.2) is 0 Å². The monoisotopic (exact) mass is 372 g/mol. The highest BCUT2D eigenvalue weighted by molar-refractivity contribution is 5.64. The Morgan fingerprint density at radius 2 is 1.89 bits per heavy atom. The Bertz CT molecular complexity index is 1140. The number of anilines is 2. The van der Waals surface area contributed by atoms with Crippen LogP contribution in [-0.4, -0.2) is 24.7 Å². The Labute approximate surface area is 160 Å². The van der Waals surface area contributed by atoms with Crippen LogP contribution in [0.2, 0.25) is 0 Å².